The second-order valence-electron chi connectivity index (χ2n) is 5.64. The maximum absolute atomic E-state index is 12.2. The van der Waals surface area contributed by atoms with Gasteiger partial charge in [0.05, 0.1) is 5.02 Å². The van der Waals surface area contributed by atoms with E-state index >= 15 is 0 Å². The number of furan rings is 1. The summed E-state index contributed by atoms with van der Waals surface area (Å²) in [6, 6.07) is 15.9. The molecule has 0 aliphatic carbocycles. The summed E-state index contributed by atoms with van der Waals surface area (Å²) in [7, 11) is 0. The molecule has 27 heavy (non-hydrogen) atoms. The highest BCUT2D eigenvalue weighted by Crippen LogP contribution is 2.31. The normalized spacial score (nSPS) is 10.3. The third kappa shape index (κ3) is 4.80. The van der Waals surface area contributed by atoms with Gasteiger partial charge in [-0.15, -0.1) is 0 Å². The molecule has 0 saturated heterocycles. The van der Waals surface area contributed by atoms with Crippen LogP contribution in [-0.4, -0.2) is 11.0 Å². The Balaban J connectivity index is 1.61. The minimum atomic E-state index is -0.472. The average molecular weight is 420 g/mol. The molecular weight excluding hydrogens is 405 g/mol. The zero-order valence-corrected chi connectivity index (χ0v) is 16.5. The van der Waals surface area contributed by atoms with Crippen LogP contribution in [0.1, 0.15) is 16.1 Å². The van der Waals surface area contributed by atoms with E-state index in [1.165, 1.54) is 0 Å². The molecule has 0 atom stereocenters. The minimum Gasteiger partial charge on any atom is -0.451 e. The van der Waals surface area contributed by atoms with E-state index in [9.17, 15) is 4.79 Å². The van der Waals surface area contributed by atoms with Crippen molar-refractivity contribution in [3.05, 3.63) is 76.0 Å². The van der Waals surface area contributed by atoms with Crippen LogP contribution in [0.4, 0.5) is 5.69 Å². The summed E-state index contributed by atoms with van der Waals surface area (Å²) in [5.74, 6) is 0.102. The molecule has 8 heteroatoms. The number of anilines is 1. The van der Waals surface area contributed by atoms with E-state index in [4.69, 9.17) is 39.8 Å². The Labute approximate surface area is 171 Å². The third-order valence-electron chi connectivity index (χ3n) is 3.71. The monoisotopic (exact) mass is 419 g/mol. The predicted molar refractivity (Wildman–Crippen MR) is 112 cm³/mol. The van der Waals surface area contributed by atoms with Crippen LogP contribution in [0, 0.1) is 6.92 Å². The van der Waals surface area contributed by atoms with Gasteiger partial charge in [0.2, 0.25) is 0 Å². The lowest BCUT2D eigenvalue weighted by atomic mass is 10.2. The molecule has 3 rings (SSSR count). The smallest absolute Gasteiger partial charge is 0.305 e. The van der Waals surface area contributed by atoms with Gasteiger partial charge in [-0.25, -0.2) is 0 Å². The molecule has 2 aromatic carbocycles. The molecular formula is C19H15Cl2N3O2S. The SMILES string of the molecule is Cc1ccccc1NC(=S)NNC(=O)c1ccc(-c2ccc(Cl)cc2Cl)o1. The molecule has 3 aromatic rings. The molecule has 0 bridgehead atoms. The summed E-state index contributed by atoms with van der Waals surface area (Å²) >= 11 is 17.2. The van der Waals surface area contributed by atoms with Crippen molar-refractivity contribution in [2.45, 2.75) is 6.92 Å². The third-order valence-corrected chi connectivity index (χ3v) is 4.46. The minimum absolute atomic E-state index is 0.113. The number of rotatable bonds is 3. The largest absolute Gasteiger partial charge is 0.451 e. The van der Waals surface area contributed by atoms with Crippen molar-refractivity contribution < 1.29 is 9.21 Å². The van der Waals surface area contributed by atoms with Gasteiger partial charge >= 0.3 is 5.91 Å². The second-order valence-corrected chi connectivity index (χ2v) is 6.89. The summed E-state index contributed by atoms with van der Waals surface area (Å²) in [6.45, 7) is 1.95. The van der Waals surface area contributed by atoms with Crippen LogP contribution in [0.25, 0.3) is 11.3 Å². The van der Waals surface area contributed by atoms with E-state index in [0.29, 0.717) is 21.4 Å². The van der Waals surface area contributed by atoms with E-state index in [1.807, 2.05) is 31.2 Å². The van der Waals surface area contributed by atoms with Crippen molar-refractivity contribution in [1.82, 2.24) is 10.9 Å². The van der Waals surface area contributed by atoms with Gasteiger partial charge in [0, 0.05) is 16.3 Å². The predicted octanol–water partition coefficient (Wildman–Crippen LogP) is 5.19. The Morgan fingerprint density at radius 1 is 1.04 bits per heavy atom. The van der Waals surface area contributed by atoms with Crippen LogP contribution in [0.2, 0.25) is 10.0 Å². The van der Waals surface area contributed by atoms with E-state index in [2.05, 4.69) is 16.2 Å². The molecule has 0 unspecified atom stereocenters. The van der Waals surface area contributed by atoms with Crippen molar-refractivity contribution in [3.8, 4) is 11.3 Å². The standard InChI is InChI=1S/C19H15Cl2N3O2S/c1-11-4-2-3-5-15(11)22-19(27)24-23-18(25)17-9-8-16(26-17)13-7-6-12(20)10-14(13)21/h2-10H,1H3,(H,23,25)(H2,22,24,27). The van der Waals surface area contributed by atoms with Crippen LogP contribution in [0.3, 0.4) is 0 Å². The lowest BCUT2D eigenvalue weighted by Gasteiger charge is -2.12. The summed E-state index contributed by atoms with van der Waals surface area (Å²) in [4.78, 5) is 12.2. The number of halogens is 2. The van der Waals surface area contributed by atoms with Gasteiger partial charge < -0.3 is 9.73 Å². The molecule has 3 N–H and O–H groups in total. The Bertz CT molecular complexity index is 1000. The Hall–Kier alpha value is -2.54. The molecule has 0 aliphatic rings. The van der Waals surface area contributed by atoms with Crippen molar-refractivity contribution in [2.24, 2.45) is 0 Å². The van der Waals surface area contributed by atoms with Crippen LogP contribution in [0.15, 0.2) is 59.0 Å². The van der Waals surface area contributed by atoms with Crippen molar-refractivity contribution >= 4 is 52.1 Å². The number of carbonyl (C=O) groups excluding carboxylic acids is 1. The average Bonchev–Trinajstić information content (AvgIpc) is 3.11. The molecule has 0 radical (unpaired) electrons. The van der Waals surface area contributed by atoms with Crippen molar-refractivity contribution in [2.75, 3.05) is 5.32 Å². The maximum atomic E-state index is 12.2. The van der Waals surface area contributed by atoms with Gasteiger partial charge in [0.1, 0.15) is 5.76 Å². The lowest BCUT2D eigenvalue weighted by molar-refractivity contribution is 0.0917. The molecule has 0 spiro atoms. The number of hydrazine groups is 1. The summed E-state index contributed by atoms with van der Waals surface area (Å²) in [6.07, 6.45) is 0. The zero-order chi connectivity index (χ0) is 19.4. The highest BCUT2D eigenvalue weighted by molar-refractivity contribution is 7.80. The van der Waals surface area contributed by atoms with Gasteiger partial charge in [0.15, 0.2) is 10.9 Å². The van der Waals surface area contributed by atoms with E-state index in [-0.39, 0.29) is 10.9 Å². The lowest BCUT2D eigenvalue weighted by Crippen LogP contribution is -2.43. The maximum Gasteiger partial charge on any atom is 0.305 e. The number of nitrogens with one attached hydrogen (secondary N) is 3. The molecule has 1 heterocycles. The number of aryl methyl sites for hydroxylation is 1. The van der Waals surface area contributed by atoms with Gasteiger partial charge in [0.25, 0.3) is 0 Å². The molecule has 0 saturated carbocycles. The highest BCUT2D eigenvalue weighted by Gasteiger charge is 2.14. The summed E-state index contributed by atoms with van der Waals surface area (Å²) in [5, 5.41) is 4.22. The number of para-hydroxylation sites is 1. The van der Waals surface area contributed by atoms with Gasteiger partial charge in [-0.1, -0.05) is 41.4 Å². The number of hydrogen-bond acceptors (Lipinski definition) is 3. The Morgan fingerprint density at radius 3 is 2.56 bits per heavy atom. The molecule has 0 aliphatic heterocycles. The van der Waals surface area contributed by atoms with Gasteiger partial charge in [-0.05, 0) is 61.1 Å². The number of thiocarbonyl (C=S) groups is 1. The first-order valence-electron chi connectivity index (χ1n) is 7.92. The van der Waals surface area contributed by atoms with Crippen LogP contribution in [0.5, 0.6) is 0 Å². The molecule has 1 amide bonds. The van der Waals surface area contributed by atoms with Crippen LogP contribution < -0.4 is 16.2 Å². The fourth-order valence-electron chi connectivity index (χ4n) is 2.34. The number of hydrogen-bond donors (Lipinski definition) is 3. The fourth-order valence-corrected chi connectivity index (χ4v) is 3.00. The number of amides is 1. The second kappa shape index (κ2) is 8.43. The first-order valence-corrected chi connectivity index (χ1v) is 9.08. The first-order chi connectivity index (χ1) is 12.9. The fraction of sp³-hybridized carbons (Fsp3) is 0.0526. The van der Waals surface area contributed by atoms with E-state index < -0.39 is 5.91 Å². The Morgan fingerprint density at radius 2 is 1.81 bits per heavy atom. The molecule has 1 aromatic heterocycles. The highest BCUT2D eigenvalue weighted by atomic mass is 35.5. The van der Waals surface area contributed by atoms with E-state index in [0.717, 1.165) is 11.3 Å². The summed E-state index contributed by atoms with van der Waals surface area (Å²) in [5.41, 5.74) is 7.65. The zero-order valence-electron chi connectivity index (χ0n) is 14.2. The number of carbonyl (C=O) groups is 1. The summed E-state index contributed by atoms with van der Waals surface area (Å²) < 4.78 is 5.58. The number of benzene rings is 2. The molecule has 5 nitrogen and oxygen atoms in total. The van der Waals surface area contributed by atoms with Gasteiger partial charge in [-0.2, -0.15) is 0 Å². The quantitative estimate of drug-likeness (QED) is 0.402. The van der Waals surface area contributed by atoms with Gasteiger partial charge in [-0.3, -0.25) is 15.6 Å². The van der Waals surface area contributed by atoms with Crippen LogP contribution >= 0.6 is 35.4 Å². The molecule has 0 fully saturated rings. The Kier molecular flexibility index (Phi) is 6.01. The first kappa shape index (κ1) is 19.2. The molecule has 138 valence electrons. The van der Waals surface area contributed by atoms with Crippen molar-refractivity contribution in [3.63, 3.8) is 0 Å². The van der Waals surface area contributed by atoms with E-state index in [1.54, 1.807) is 30.3 Å². The van der Waals surface area contributed by atoms with Crippen molar-refractivity contribution in [1.29, 1.82) is 0 Å². The van der Waals surface area contributed by atoms with Crippen LogP contribution in [-0.2, 0) is 0 Å². The topological polar surface area (TPSA) is 66.3 Å².